The zero-order chi connectivity index (χ0) is 19.2. The smallest absolute Gasteiger partial charge is 0.273 e. The Labute approximate surface area is 158 Å². The van der Waals surface area contributed by atoms with Gasteiger partial charge in [-0.2, -0.15) is 0 Å². The Morgan fingerprint density at radius 1 is 1.41 bits per heavy atom. The van der Waals surface area contributed by atoms with E-state index in [4.69, 9.17) is 4.74 Å². The molecule has 7 nitrogen and oxygen atoms in total. The molecule has 1 saturated heterocycles. The average Bonchev–Trinajstić information content (AvgIpc) is 3.08. The van der Waals surface area contributed by atoms with Crippen LogP contribution in [-0.4, -0.2) is 46.6 Å². The maximum absolute atomic E-state index is 13.7. The number of ether oxygens (including phenoxy) is 1. The number of amides is 1. The molecule has 1 aliphatic rings. The third-order valence-electron chi connectivity index (χ3n) is 4.87. The summed E-state index contributed by atoms with van der Waals surface area (Å²) in [5.74, 6) is -0.516. The van der Waals surface area contributed by atoms with Crippen molar-refractivity contribution in [2.75, 3.05) is 19.6 Å². The number of para-hydroxylation sites is 1. The monoisotopic (exact) mass is 375 g/mol. The number of benzene rings is 1. The lowest BCUT2D eigenvalue weighted by Gasteiger charge is -2.23. The molecule has 0 spiro atoms. The van der Waals surface area contributed by atoms with Crippen molar-refractivity contribution in [2.24, 2.45) is 0 Å². The topological polar surface area (TPSA) is 81.1 Å². The second kappa shape index (κ2) is 8.94. The van der Waals surface area contributed by atoms with Crippen molar-refractivity contribution >= 4 is 5.91 Å². The number of hydrogen-bond donors (Lipinski definition) is 2. The minimum atomic E-state index is -0.414. The van der Waals surface area contributed by atoms with Gasteiger partial charge < -0.3 is 15.4 Å². The van der Waals surface area contributed by atoms with Gasteiger partial charge in [0.05, 0.1) is 18.3 Å². The number of rotatable bonds is 7. The van der Waals surface area contributed by atoms with Crippen molar-refractivity contribution < 1.29 is 13.9 Å². The van der Waals surface area contributed by atoms with Crippen LogP contribution >= 0.6 is 0 Å². The van der Waals surface area contributed by atoms with Gasteiger partial charge in [-0.25, -0.2) is 9.07 Å². The molecule has 1 aromatic heterocycles. The van der Waals surface area contributed by atoms with Gasteiger partial charge in [0.2, 0.25) is 0 Å². The fourth-order valence-electron chi connectivity index (χ4n) is 3.23. The van der Waals surface area contributed by atoms with Gasteiger partial charge in [0.25, 0.3) is 5.91 Å². The second-order valence-corrected chi connectivity index (χ2v) is 6.74. The van der Waals surface area contributed by atoms with E-state index in [9.17, 15) is 9.18 Å². The SMILES string of the molecule is CCC(CNC(=O)c1nnn(C2CCNCC2)c1C)Oc1ccccc1F. The number of aromatic nitrogens is 3. The molecule has 1 atom stereocenters. The molecule has 1 aromatic carbocycles. The lowest BCUT2D eigenvalue weighted by Crippen LogP contribution is -2.35. The first-order valence-corrected chi connectivity index (χ1v) is 9.42. The lowest BCUT2D eigenvalue weighted by molar-refractivity contribution is 0.0918. The first kappa shape index (κ1) is 19.3. The lowest BCUT2D eigenvalue weighted by atomic mass is 10.1. The van der Waals surface area contributed by atoms with Crippen LogP contribution in [0.1, 0.15) is 48.4 Å². The minimum absolute atomic E-state index is 0.187. The Morgan fingerprint density at radius 3 is 2.85 bits per heavy atom. The molecule has 0 radical (unpaired) electrons. The summed E-state index contributed by atoms with van der Waals surface area (Å²) >= 11 is 0. The van der Waals surface area contributed by atoms with Gasteiger partial charge in [0, 0.05) is 0 Å². The van der Waals surface area contributed by atoms with Gasteiger partial charge in [0.1, 0.15) is 6.10 Å². The number of piperidine rings is 1. The first-order chi connectivity index (χ1) is 13.1. The number of halogens is 1. The highest BCUT2D eigenvalue weighted by Crippen LogP contribution is 2.20. The van der Waals surface area contributed by atoms with E-state index < -0.39 is 5.82 Å². The van der Waals surface area contributed by atoms with E-state index in [-0.39, 0.29) is 30.3 Å². The highest BCUT2D eigenvalue weighted by Gasteiger charge is 2.23. The van der Waals surface area contributed by atoms with E-state index in [2.05, 4.69) is 20.9 Å². The standard InChI is InChI=1S/C19H26FN5O2/c1-3-15(27-17-7-5-4-6-16(17)20)12-22-19(26)18-13(2)25(24-23-18)14-8-10-21-11-9-14/h4-7,14-15,21H,3,8-12H2,1-2H3,(H,22,26). The van der Waals surface area contributed by atoms with Crippen LogP contribution < -0.4 is 15.4 Å². The molecule has 1 fully saturated rings. The first-order valence-electron chi connectivity index (χ1n) is 9.42. The molecule has 2 heterocycles. The summed E-state index contributed by atoms with van der Waals surface area (Å²) in [6.45, 7) is 5.94. The van der Waals surface area contributed by atoms with E-state index in [0.717, 1.165) is 31.6 Å². The normalized spacial score (nSPS) is 16.1. The molecule has 3 rings (SSSR count). The molecule has 2 aromatic rings. The van der Waals surface area contributed by atoms with E-state index in [1.807, 2.05) is 18.5 Å². The number of carbonyl (C=O) groups excluding carboxylic acids is 1. The Bertz CT molecular complexity index is 773. The van der Waals surface area contributed by atoms with Crippen molar-refractivity contribution in [1.82, 2.24) is 25.6 Å². The van der Waals surface area contributed by atoms with Crippen molar-refractivity contribution in [2.45, 2.75) is 45.3 Å². The van der Waals surface area contributed by atoms with Gasteiger partial charge in [-0.1, -0.05) is 24.3 Å². The van der Waals surface area contributed by atoms with Crippen LogP contribution in [0.2, 0.25) is 0 Å². The number of nitrogens with zero attached hydrogens (tertiary/aromatic N) is 3. The summed E-state index contributed by atoms with van der Waals surface area (Å²) in [7, 11) is 0. The van der Waals surface area contributed by atoms with E-state index in [0.29, 0.717) is 12.1 Å². The average molecular weight is 375 g/mol. The number of hydrogen-bond acceptors (Lipinski definition) is 5. The molecular formula is C19H26FN5O2. The fourth-order valence-corrected chi connectivity index (χ4v) is 3.23. The van der Waals surface area contributed by atoms with E-state index in [1.165, 1.54) is 6.07 Å². The number of carbonyl (C=O) groups is 1. The van der Waals surface area contributed by atoms with E-state index >= 15 is 0 Å². The minimum Gasteiger partial charge on any atom is -0.486 e. The van der Waals surface area contributed by atoms with Crippen LogP contribution in [0.15, 0.2) is 24.3 Å². The molecule has 2 N–H and O–H groups in total. The highest BCUT2D eigenvalue weighted by atomic mass is 19.1. The van der Waals surface area contributed by atoms with Gasteiger partial charge in [-0.15, -0.1) is 5.10 Å². The van der Waals surface area contributed by atoms with Gasteiger partial charge >= 0.3 is 0 Å². The van der Waals surface area contributed by atoms with Gasteiger partial charge in [-0.3, -0.25) is 4.79 Å². The van der Waals surface area contributed by atoms with Crippen LogP contribution in [-0.2, 0) is 0 Å². The van der Waals surface area contributed by atoms with Crippen LogP contribution in [0.25, 0.3) is 0 Å². The third-order valence-corrected chi connectivity index (χ3v) is 4.87. The summed E-state index contributed by atoms with van der Waals surface area (Å²) in [6, 6.07) is 6.52. The second-order valence-electron chi connectivity index (χ2n) is 6.74. The highest BCUT2D eigenvalue weighted by molar-refractivity contribution is 5.93. The van der Waals surface area contributed by atoms with Crippen molar-refractivity contribution in [3.8, 4) is 5.75 Å². The maximum atomic E-state index is 13.7. The van der Waals surface area contributed by atoms with E-state index in [1.54, 1.807) is 18.2 Å². The molecule has 1 aliphatic heterocycles. The van der Waals surface area contributed by atoms with Crippen molar-refractivity contribution in [3.05, 3.63) is 41.5 Å². The third kappa shape index (κ3) is 4.63. The maximum Gasteiger partial charge on any atom is 0.273 e. The Hall–Kier alpha value is -2.48. The van der Waals surface area contributed by atoms with Crippen molar-refractivity contribution in [1.29, 1.82) is 0 Å². The summed E-state index contributed by atoms with van der Waals surface area (Å²) in [5, 5.41) is 14.4. The molecule has 0 saturated carbocycles. The van der Waals surface area contributed by atoms with Gasteiger partial charge in [-0.05, 0) is 51.4 Å². The molecule has 0 bridgehead atoms. The summed E-state index contributed by atoms with van der Waals surface area (Å²) in [4.78, 5) is 12.5. The molecule has 146 valence electrons. The van der Waals surface area contributed by atoms with Crippen molar-refractivity contribution in [3.63, 3.8) is 0 Å². The van der Waals surface area contributed by atoms with Crippen LogP contribution in [0.3, 0.4) is 0 Å². The molecule has 0 aliphatic carbocycles. The molecule has 1 unspecified atom stereocenters. The zero-order valence-electron chi connectivity index (χ0n) is 15.7. The fraction of sp³-hybridized carbons (Fsp3) is 0.526. The largest absolute Gasteiger partial charge is 0.486 e. The Balaban J connectivity index is 1.59. The molecule has 8 heteroatoms. The van der Waals surface area contributed by atoms with Gasteiger partial charge in [0.15, 0.2) is 17.3 Å². The van der Waals surface area contributed by atoms with Crippen LogP contribution in [0.4, 0.5) is 4.39 Å². The summed E-state index contributed by atoms with van der Waals surface area (Å²) in [5.41, 5.74) is 1.09. The Kier molecular flexibility index (Phi) is 6.39. The predicted molar refractivity (Wildman–Crippen MR) is 99.3 cm³/mol. The summed E-state index contributed by atoms with van der Waals surface area (Å²) in [6.07, 6.45) is 2.25. The zero-order valence-corrected chi connectivity index (χ0v) is 15.7. The molecular weight excluding hydrogens is 349 g/mol. The quantitative estimate of drug-likeness (QED) is 0.776. The molecule has 27 heavy (non-hydrogen) atoms. The number of nitrogens with one attached hydrogen (secondary N) is 2. The van der Waals surface area contributed by atoms with Crippen LogP contribution in [0.5, 0.6) is 5.75 Å². The summed E-state index contributed by atoms with van der Waals surface area (Å²) < 4.78 is 21.3. The predicted octanol–water partition coefficient (Wildman–Crippen LogP) is 2.24. The Morgan fingerprint density at radius 2 is 2.15 bits per heavy atom. The molecule has 1 amide bonds. The van der Waals surface area contributed by atoms with Crippen LogP contribution in [0, 0.1) is 12.7 Å².